The van der Waals surface area contributed by atoms with E-state index < -0.39 is 76.8 Å². The lowest BCUT2D eigenvalue weighted by Crippen LogP contribution is -2.34. The summed E-state index contributed by atoms with van der Waals surface area (Å²) in [6, 6.07) is 0. The summed E-state index contributed by atoms with van der Waals surface area (Å²) >= 11 is 7.56. The number of nitrogens with one attached hydrogen (secondary N) is 2. The highest BCUT2D eigenvalue weighted by Crippen LogP contribution is 2.42. The van der Waals surface area contributed by atoms with Crippen LogP contribution in [0.2, 0.25) is 0 Å². The largest absolute Gasteiger partial charge is 0.582 e. The second kappa shape index (κ2) is 15.3. The van der Waals surface area contributed by atoms with Crippen LogP contribution in [0.3, 0.4) is 0 Å². The van der Waals surface area contributed by atoms with Crippen molar-refractivity contribution in [2.75, 3.05) is 36.9 Å². The first-order valence-electron chi connectivity index (χ1n) is 14.2. The standard InChI is InChI=1S/C24H28N10O10P2S2/c35-5-11-15(37)17(43-45(39)47)23(41-11)33-9-31-13-19(27-7-29-21(13)33)25-3-1-2-4-26-20-14-22(30-8-28-20)34(10-32-14)24-18(44-46(40)48)16(38)12(6-36)42-24/h1-2,7-12,15-18,23-24,35-38H,3-6H2,(H2-2,25,26,27,28,29,30,39,40,47,48)/p+2/b2-1+/t11?,12?,15-,16-,17-,18-,23?,24?/m1/s1. The fraction of sp³-hybridized carbons (Fsp3) is 0.500. The minimum absolute atomic E-state index is 0.353. The summed E-state index contributed by atoms with van der Waals surface area (Å²) in [5, 5.41) is 46.5. The van der Waals surface area contributed by atoms with E-state index in [1.807, 2.05) is 12.2 Å². The van der Waals surface area contributed by atoms with Crippen LogP contribution in [-0.4, -0.2) is 122 Å². The van der Waals surface area contributed by atoms with E-state index in [1.165, 1.54) is 34.4 Å². The number of aliphatic hydroxyl groups is 4. The van der Waals surface area contributed by atoms with E-state index in [9.17, 15) is 29.6 Å². The van der Waals surface area contributed by atoms with Crippen molar-refractivity contribution in [2.24, 2.45) is 0 Å². The SMILES string of the molecule is O=[P+](S)O[C@H]1C(n2cnc3c(NC/C=C/CNc4ncnc5c4ncn5C4OC(CO)[C@@H](O)[C@H]4O[P+](=O)S)ncnc32)OC(CO)[C@H]1O. The maximum absolute atomic E-state index is 11.7. The second-order valence-corrected chi connectivity index (χ2v) is 13.8. The molecule has 20 nitrogen and oxygen atoms in total. The molecule has 6 rings (SSSR count). The molecule has 0 saturated carbocycles. The Kier molecular flexibility index (Phi) is 11.1. The lowest BCUT2D eigenvalue weighted by molar-refractivity contribution is -0.0481. The monoisotopic (exact) mass is 744 g/mol. The third-order valence-corrected chi connectivity index (χ3v) is 9.03. The number of ether oxygens (including phenoxy) is 2. The van der Waals surface area contributed by atoms with Crippen LogP contribution in [0.1, 0.15) is 12.5 Å². The first kappa shape index (κ1) is 34.9. The average molecular weight is 745 g/mol. The van der Waals surface area contributed by atoms with E-state index in [0.717, 1.165) is 0 Å². The van der Waals surface area contributed by atoms with Crippen molar-refractivity contribution in [3.05, 3.63) is 37.5 Å². The van der Waals surface area contributed by atoms with Crippen LogP contribution < -0.4 is 10.6 Å². The Labute approximate surface area is 283 Å². The summed E-state index contributed by atoms with van der Waals surface area (Å²) in [6.07, 6.45) is 0.573. The minimum Gasteiger partial charge on any atom is -0.394 e. The van der Waals surface area contributed by atoms with Crippen LogP contribution in [-0.2, 0) is 27.7 Å². The lowest BCUT2D eigenvalue weighted by atomic mass is 10.1. The number of nitrogens with zero attached hydrogens (tertiary/aromatic N) is 8. The molecule has 0 spiro atoms. The number of rotatable bonds is 14. The molecular weight excluding hydrogens is 714 g/mol. The van der Waals surface area contributed by atoms with Crippen molar-refractivity contribution >= 4 is 72.9 Å². The molecule has 2 fully saturated rings. The van der Waals surface area contributed by atoms with Crippen molar-refractivity contribution in [3.63, 3.8) is 0 Å². The van der Waals surface area contributed by atoms with Gasteiger partial charge in [-0.15, -0.1) is 9.05 Å². The molecule has 0 radical (unpaired) electrons. The van der Waals surface area contributed by atoms with Crippen LogP contribution in [0.15, 0.2) is 37.5 Å². The molecule has 6 unspecified atom stereocenters. The number of fused-ring (bicyclic) bond motifs is 2. The highest BCUT2D eigenvalue weighted by Gasteiger charge is 2.51. The van der Waals surface area contributed by atoms with E-state index in [-0.39, 0.29) is 0 Å². The van der Waals surface area contributed by atoms with Gasteiger partial charge in [-0.25, -0.2) is 29.9 Å². The maximum Gasteiger partial charge on any atom is 0.582 e. The summed E-state index contributed by atoms with van der Waals surface area (Å²) in [7, 11) is -4.76. The van der Waals surface area contributed by atoms with E-state index in [4.69, 9.17) is 18.5 Å². The highest BCUT2D eigenvalue weighted by atomic mass is 32.7. The second-order valence-electron chi connectivity index (χ2n) is 10.4. The number of aliphatic hydroxyl groups excluding tert-OH is 4. The molecule has 2 aliphatic heterocycles. The van der Waals surface area contributed by atoms with Crippen molar-refractivity contribution in [3.8, 4) is 0 Å². The third kappa shape index (κ3) is 7.02. The Morgan fingerprint density at radius 1 is 0.750 bits per heavy atom. The van der Waals surface area contributed by atoms with Gasteiger partial charge in [0, 0.05) is 13.1 Å². The molecule has 2 saturated heterocycles. The first-order chi connectivity index (χ1) is 23.2. The molecule has 10 atom stereocenters. The highest BCUT2D eigenvalue weighted by molar-refractivity contribution is 8.39. The van der Waals surface area contributed by atoms with E-state index >= 15 is 0 Å². The number of thiol groups is 2. The van der Waals surface area contributed by atoms with Crippen molar-refractivity contribution < 1.29 is 48.1 Å². The first-order valence-corrected chi connectivity index (χ1v) is 18.9. The molecule has 24 heteroatoms. The van der Waals surface area contributed by atoms with Gasteiger partial charge >= 0.3 is 14.5 Å². The van der Waals surface area contributed by atoms with Crippen molar-refractivity contribution in [1.29, 1.82) is 0 Å². The molecule has 48 heavy (non-hydrogen) atoms. The maximum atomic E-state index is 11.7. The fourth-order valence-electron chi connectivity index (χ4n) is 5.43. The zero-order valence-corrected chi connectivity index (χ0v) is 28.1. The third-order valence-electron chi connectivity index (χ3n) is 7.62. The van der Waals surface area contributed by atoms with Crippen LogP contribution in [0.5, 0.6) is 0 Å². The topological polar surface area (TPSA) is 263 Å². The molecule has 256 valence electrons. The molecule has 0 amide bonds. The van der Waals surface area contributed by atoms with Gasteiger partial charge in [0.15, 0.2) is 58.6 Å². The molecule has 0 aromatic carbocycles. The smallest absolute Gasteiger partial charge is 0.394 e. The van der Waals surface area contributed by atoms with Gasteiger partial charge < -0.3 is 40.5 Å². The molecule has 4 aromatic heterocycles. The van der Waals surface area contributed by atoms with Crippen molar-refractivity contribution in [1.82, 2.24) is 39.0 Å². The van der Waals surface area contributed by atoms with E-state index in [2.05, 4.69) is 65.0 Å². The number of hydrogen-bond donors (Lipinski definition) is 8. The zero-order chi connectivity index (χ0) is 33.9. The molecule has 4 aromatic rings. The number of imidazole rings is 2. The predicted octanol–water partition coefficient (Wildman–Crippen LogP) is 0.492. The summed E-state index contributed by atoms with van der Waals surface area (Å²) in [4.78, 5) is 25.9. The normalized spacial score (nSPS) is 28.1. The van der Waals surface area contributed by atoms with E-state index in [0.29, 0.717) is 47.1 Å². The van der Waals surface area contributed by atoms with Crippen LogP contribution >= 0.6 is 39.0 Å². The van der Waals surface area contributed by atoms with Gasteiger partial charge in [0.2, 0.25) is 0 Å². The van der Waals surface area contributed by atoms with Crippen LogP contribution in [0.4, 0.5) is 11.6 Å². The Bertz CT molecular complexity index is 1690. The number of anilines is 2. The Morgan fingerprint density at radius 3 is 1.54 bits per heavy atom. The van der Waals surface area contributed by atoms with Gasteiger partial charge in [0.1, 0.15) is 61.6 Å². The number of hydrogen-bond acceptors (Lipinski definition) is 18. The van der Waals surface area contributed by atoms with E-state index in [1.54, 1.807) is 0 Å². The lowest BCUT2D eigenvalue weighted by Gasteiger charge is -2.16. The Hall–Kier alpha value is -2.98. The van der Waals surface area contributed by atoms with Gasteiger partial charge in [-0.2, -0.15) is 0 Å². The summed E-state index contributed by atoms with van der Waals surface area (Å²) in [6.45, 7) is -0.252. The van der Waals surface area contributed by atoms with Crippen LogP contribution in [0.25, 0.3) is 22.3 Å². The summed E-state index contributed by atoms with van der Waals surface area (Å²) in [5.41, 5.74) is 1.51. The van der Waals surface area contributed by atoms with Gasteiger partial charge in [0.25, 0.3) is 0 Å². The van der Waals surface area contributed by atoms with Crippen LogP contribution in [0, 0.1) is 0 Å². The average Bonchev–Trinajstić information content (AvgIpc) is 3.83. The van der Waals surface area contributed by atoms with Gasteiger partial charge in [-0.05, 0) is 9.13 Å². The van der Waals surface area contributed by atoms with Gasteiger partial charge in [0.05, 0.1) is 25.9 Å². The molecule has 0 bridgehead atoms. The van der Waals surface area contributed by atoms with Crippen molar-refractivity contribution in [2.45, 2.75) is 49.1 Å². The summed E-state index contributed by atoms with van der Waals surface area (Å²) in [5.74, 6) is 0.837. The fourth-order valence-corrected chi connectivity index (χ4v) is 6.96. The predicted molar refractivity (Wildman–Crippen MR) is 174 cm³/mol. The quantitative estimate of drug-likeness (QED) is 0.0496. The Balaban J connectivity index is 1.09. The number of aromatic nitrogens is 8. The molecule has 6 N–H and O–H groups in total. The van der Waals surface area contributed by atoms with Gasteiger partial charge in [-0.1, -0.05) is 12.2 Å². The molecular formula is C24H30N10O10P2S2+2. The molecule has 2 aliphatic rings. The molecule has 6 heterocycles. The minimum atomic E-state index is -2.38. The Morgan fingerprint density at radius 2 is 1.17 bits per heavy atom. The zero-order valence-electron chi connectivity index (χ0n) is 24.5. The van der Waals surface area contributed by atoms with Gasteiger partial charge in [-0.3, -0.25) is 9.13 Å². The molecule has 0 aliphatic carbocycles. The summed E-state index contributed by atoms with van der Waals surface area (Å²) < 4.78 is 48.4.